The van der Waals surface area contributed by atoms with Crippen LogP contribution in [-0.2, 0) is 4.79 Å². The van der Waals surface area contributed by atoms with E-state index in [1.807, 2.05) is 73.1 Å². The Labute approximate surface area is 207 Å². The number of aromatic nitrogens is 2. The second-order valence-corrected chi connectivity index (χ2v) is 8.54. The molecular weight excluding hydrogens is 464 g/mol. The summed E-state index contributed by atoms with van der Waals surface area (Å²) in [5.41, 5.74) is 2.35. The Morgan fingerprint density at radius 3 is 2.23 bits per heavy atom. The summed E-state index contributed by atoms with van der Waals surface area (Å²) in [4.78, 5) is 32.5. The minimum atomic E-state index is -0.335. The molecule has 2 aromatic carbocycles. The Kier molecular flexibility index (Phi) is 7.47. The summed E-state index contributed by atoms with van der Waals surface area (Å²) >= 11 is 1.35. The van der Waals surface area contributed by atoms with Gasteiger partial charge in [0.25, 0.3) is 5.91 Å². The summed E-state index contributed by atoms with van der Waals surface area (Å²) in [5.74, 6) is 1.31. The van der Waals surface area contributed by atoms with E-state index in [0.29, 0.717) is 23.1 Å². The molecule has 0 aliphatic carbocycles. The van der Waals surface area contributed by atoms with Crippen LogP contribution in [0.2, 0.25) is 0 Å². The first-order chi connectivity index (χ1) is 17.0. The maximum atomic E-state index is 13.0. The SMILES string of the molecule is CCN(CC(=O)Nc1nc(-c2ccc(OC)cc2)cn1-c1ccc(OC)cc1)C(=O)c1cccs1. The molecule has 0 aliphatic heterocycles. The summed E-state index contributed by atoms with van der Waals surface area (Å²) in [5, 5.41) is 4.72. The van der Waals surface area contributed by atoms with Crippen molar-refractivity contribution in [2.24, 2.45) is 0 Å². The first-order valence-corrected chi connectivity index (χ1v) is 11.9. The number of thiophene rings is 1. The molecule has 4 aromatic rings. The number of benzene rings is 2. The standard InChI is InChI=1S/C26H26N4O4S/c1-4-29(25(32)23-6-5-15-35-23)17-24(31)28-26-27-22(18-7-11-20(33-2)12-8-18)16-30(26)19-9-13-21(34-3)14-10-19/h5-16H,4,17H2,1-3H3,(H,27,28,31). The van der Waals surface area contributed by atoms with Gasteiger partial charge in [-0.25, -0.2) is 4.98 Å². The number of carbonyl (C=O) groups excluding carboxylic acids is 2. The van der Waals surface area contributed by atoms with Gasteiger partial charge in [0.15, 0.2) is 0 Å². The number of imidazole rings is 1. The van der Waals surface area contributed by atoms with Crippen LogP contribution in [0.3, 0.4) is 0 Å². The van der Waals surface area contributed by atoms with Crippen molar-refractivity contribution in [3.8, 4) is 28.4 Å². The maximum absolute atomic E-state index is 13.0. The van der Waals surface area contributed by atoms with Gasteiger partial charge in [-0.2, -0.15) is 0 Å². The topological polar surface area (TPSA) is 85.7 Å². The molecule has 0 aliphatic rings. The lowest BCUT2D eigenvalue weighted by molar-refractivity contribution is -0.116. The number of carbonyl (C=O) groups is 2. The fourth-order valence-corrected chi connectivity index (χ4v) is 4.22. The number of rotatable bonds is 9. The van der Waals surface area contributed by atoms with Crippen LogP contribution >= 0.6 is 11.3 Å². The molecule has 4 rings (SSSR count). The molecule has 0 saturated heterocycles. The molecule has 0 fully saturated rings. The zero-order valence-electron chi connectivity index (χ0n) is 19.7. The van der Waals surface area contributed by atoms with Crippen molar-refractivity contribution in [1.82, 2.24) is 14.5 Å². The highest BCUT2D eigenvalue weighted by Crippen LogP contribution is 2.27. The number of methoxy groups -OCH3 is 2. The average Bonchev–Trinajstić information content (AvgIpc) is 3.58. The van der Waals surface area contributed by atoms with Gasteiger partial charge in [0.2, 0.25) is 11.9 Å². The second kappa shape index (κ2) is 10.9. The van der Waals surface area contributed by atoms with E-state index in [-0.39, 0.29) is 18.4 Å². The number of nitrogens with one attached hydrogen (secondary N) is 1. The molecule has 2 amide bonds. The number of hydrogen-bond acceptors (Lipinski definition) is 6. The smallest absolute Gasteiger partial charge is 0.264 e. The quantitative estimate of drug-likeness (QED) is 0.367. The van der Waals surface area contributed by atoms with Crippen LogP contribution in [0.15, 0.2) is 72.2 Å². The third-order valence-electron chi connectivity index (χ3n) is 5.43. The number of hydrogen-bond donors (Lipinski definition) is 1. The molecule has 1 N–H and O–H groups in total. The van der Waals surface area contributed by atoms with Crippen molar-refractivity contribution in [3.63, 3.8) is 0 Å². The lowest BCUT2D eigenvalue weighted by Crippen LogP contribution is -2.37. The van der Waals surface area contributed by atoms with Gasteiger partial charge in [-0.15, -0.1) is 11.3 Å². The number of ether oxygens (including phenoxy) is 2. The van der Waals surface area contributed by atoms with Gasteiger partial charge < -0.3 is 14.4 Å². The predicted octanol–water partition coefficient (Wildman–Crippen LogP) is 4.72. The highest BCUT2D eigenvalue weighted by molar-refractivity contribution is 7.12. The fraction of sp³-hybridized carbons (Fsp3) is 0.192. The van der Waals surface area contributed by atoms with Crippen LogP contribution in [0.5, 0.6) is 11.5 Å². The van der Waals surface area contributed by atoms with Crippen molar-refractivity contribution >= 4 is 29.1 Å². The van der Waals surface area contributed by atoms with E-state index in [0.717, 1.165) is 22.7 Å². The molecule has 0 saturated carbocycles. The Morgan fingerprint density at radius 1 is 1.00 bits per heavy atom. The van der Waals surface area contributed by atoms with Crippen LogP contribution < -0.4 is 14.8 Å². The predicted molar refractivity (Wildman–Crippen MR) is 137 cm³/mol. The Balaban J connectivity index is 1.61. The molecular formula is C26H26N4O4S. The van der Waals surface area contributed by atoms with E-state index in [4.69, 9.17) is 9.47 Å². The molecule has 0 spiro atoms. The monoisotopic (exact) mass is 490 g/mol. The van der Waals surface area contributed by atoms with E-state index in [9.17, 15) is 9.59 Å². The van der Waals surface area contributed by atoms with Crippen molar-refractivity contribution in [1.29, 1.82) is 0 Å². The molecule has 35 heavy (non-hydrogen) atoms. The number of nitrogens with zero attached hydrogens (tertiary/aromatic N) is 3. The average molecular weight is 491 g/mol. The number of anilines is 1. The van der Waals surface area contributed by atoms with Crippen LogP contribution in [0.4, 0.5) is 5.95 Å². The third kappa shape index (κ3) is 5.52. The summed E-state index contributed by atoms with van der Waals surface area (Å²) < 4.78 is 12.3. The molecule has 0 radical (unpaired) electrons. The van der Waals surface area contributed by atoms with Gasteiger partial charge in [0.05, 0.1) is 24.8 Å². The molecule has 2 heterocycles. The fourth-order valence-electron chi connectivity index (χ4n) is 3.53. The largest absolute Gasteiger partial charge is 0.497 e. The first-order valence-electron chi connectivity index (χ1n) is 11.0. The van der Waals surface area contributed by atoms with E-state index in [1.54, 1.807) is 24.9 Å². The number of amides is 2. The second-order valence-electron chi connectivity index (χ2n) is 7.59. The molecule has 2 aromatic heterocycles. The van der Waals surface area contributed by atoms with Gasteiger partial charge in [-0.3, -0.25) is 19.5 Å². The Morgan fingerprint density at radius 2 is 1.66 bits per heavy atom. The zero-order valence-corrected chi connectivity index (χ0v) is 20.5. The minimum Gasteiger partial charge on any atom is -0.497 e. The van der Waals surface area contributed by atoms with Gasteiger partial charge in [0, 0.05) is 24.0 Å². The van der Waals surface area contributed by atoms with Crippen LogP contribution in [0.25, 0.3) is 16.9 Å². The van der Waals surface area contributed by atoms with E-state index in [1.165, 1.54) is 16.2 Å². The van der Waals surface area contributed by atoms with E-state index < -0.39 is 0 Å². The van der Waals surface area contributed by atoms with Crippen molar-refractivity contribution in [3.05, 3.63) is 77.1 Å². The molecule has 0 bridgehead atoms. The van der Waals surface area contributed by atoms with Crippen molar-refractivity contribution in [2.75, 3.05) is 32.6 Å². The highest BCUT2D eigenvalue weighted by atomic mass is 32.1. The molecule has 9 heteroatoms. The zero-order chi connectivity index (χ0) is 24.8. The maximum Gasteiger partial charge on any atom is 0.264 e. The molecule has 0 atom stereocenters. The van der Waals surface area contributed by atoms with Crippen molar-refractivity contribution in [2.45, 2.75) is 6.92 Å². The number of likely N-dealkylation sites (N-methyl/N-ethyl adjacent to an activating group) is 1. The van der Waals surface area contributed by atoms with Crippen molar-refractivity contribution < 1.29 is 19.1 Å². The third-order valence-corrected chi connectivity index (χ3v) is 6.29. The summed E-state index contributed by atoms with van der Waals surface area (Å²) in [6, 6.07) is 18.5. The molecule has 180 valence electrons. The van der Waals surface area contributed by atoms with Gasteiger partial charge >= 0.3 is 0 Å². The minimum absolute atomic E-state index is 0.0828. The lowest BCUT2D eigenvalue weighted by Gasteiger charge is -2.19. The van der Waals surface area contributed by atoms with Gasteiger partial charge in [0.1, 0.15) is 18.0 Å². The van der Waals surface area contributed by atoms with E-state index >= 15 is 0 Å². The Bertz CT molecular complexity index is 1280. The first kappa shape index (κ1) is 24.0. The summed E-state index contributed by atoms with van der Waals surface area (Å²) in [7, 11) is 3.22. The van der Waals surface area contributed by atoms with Crippen LogP contribution in [0.1, 0.15) is 16.6 Å². The molecule has 0 unspecified atom stereocenters. The van der Waals surface area contributed by atoms with Crippen LogP contribution in [0, 0.1) is 0 Å². The summed E-state index contributed by atoms with van der Waals surface area (Å²) in [6.45, 7) is 2.17. The normalized spacial score (nSPS) is 10.6. The van der Waals surface area contributed by atoms with Crippen LogP contribution in [-0.4, -0.2) is 53.6 Å². The molecule has 8 nitrogen and oxygen atoms in total. The summed E-state index contributed by atoms with van der Waals surface area (Å²) in [6.07, 6.45) is 1.85. The highest BCUT2D eigenvalue weighted by Gasteiger charge is 2.20. The van der Waals surface area contributed by atoms with Gasteiger partial charge in [-0.05, 0) is 66.9 Å². The Hall–Kier alpha value is -4.11. The van der Waals surface area contributed by atoms with Gasteiger partial charge in [-0.1, -0.05) is 6.07 Å². The van der Waals surface area contributed by atoms with E-state index in [2.05, 4.69) is 10.3 Å². The lowest BCUT2D eigenvalue weighted by atomic mass is 10.1.